The summed E-state index contributed by atoms with van der Waals surface area (Å²) in [6.45, 7) is -0.898. The zero-order valence-corrected chi connectivity index (χ0v) is 21.7. The largest absolute Gasteiger partial charge is 0.394 e. The number of carbonyl (C=O) groups is 1. The summed E-state index contributed by atoms with van der Waals surface area (Å²) in [5, 5.41) is 84.9. The van der Waals surface area contributed by atoms with Gasteiger partial charge in [-0.1, -0.05) is 0 Å². The van der Waals surface area contributed by atoms with Crippen LogP contribution in [0.15, 0.2) is 0 Å². The number of nitrogens with two attached hydrogens (primary N) is 4. The van der Waals surface area contributed by atoms with Crippen molar-refractivity contribution in [1.82, 2.24) is 5.32 Å². The lowest BCUT2D eigenvalue weighted by atomic mass is 9.83. The van der Waals surface area contributed by atoms with Crippen LogP contribution in [0.25, 0.3) is 0 Å². The Morgan fingerprint density at radius 1 is 0.850 bits per heavy atom. The summed E-state index contributed by atoms with van der Waals surface area (Å²) in [4.78, 5) is 12.6. The zero-order valence-electron chi connectivity index (χ0n) is 21.7. The van der Waals surface area contributed by atoms with Crippen LogP contribution in [-0.4, -0.2) is 164 Å². The van der Waals surface area contributed by atoms with Gasteiger partial charge in [0.25, 0.3) is 0 Å². The molecule has 18 nitrogen and oxygen atoms in total. The Balaban J connectivity index is 1.85. The van der Waals surface area contributed by atoms with Crippen molar-refractivity contribution in [3.8, 4) is 0 Å². The summed E-state index contributed by atoms with van der Waals surface area (Å²) in [6, 6.07) is -3.45. The molecule has 0 unspecified atom stereocenters. The van der Waals surface area contributed by atoms with E-state index in [1.165, 1.54) is 0 Å². The average molecular weight is 586 g/mol. The van der Waals surface area contributed by atoms with E-state index in [1.807, 2.05) is 0 Å². The van der Waals surface area contributed by atoms with Crippen molar-refractivity contribution in [1.29, 1.82) is 0 Å². The molecule has 0 bridgehead atoms. The number of amides is 1. The van der Waals surface area contributed by atoms with E-state index in [0.29, 0.717) is 0 Å². The van der Waals surface area contributed by atoms with E-state index in [2.05, 4.69) is 5.32 Å². The molecule has 2 saturated heterocycles. The van der Waals surface area contributed by atoms with Crippen LogP contribution in [0.2, 0.25) is 0 Å². The number of carbonyl (C=O) groups excluding carboxylic acids is 1. The molecular formula is C22H43N5O13. The van der Waals surface area contributed by atoms with Gasteiger partial charge < -0.3 is 88.1 Å². The van der Waals surface area contributed by atoms with Crippen LogP contribution < -0.4 is 28.3 Å². The Morgan fingerprint density at radius 2 is 1.45 bits per heavy atom. The second kappa shape index (κ2) is 14.3. The van der Waals surface area contributed by atoms with E-state index in [4.69, 9.17) is 41.9 Å². The average Bonchev–Trinajstić information content (AvgIpc) is 2.92. The molecule has 1 aliphatic carbocycles. The fourth-order valence-electron chi connectivity index (χ4n) is 5.07. The number of hydrogen-bond acceptors (Lipinski definition) is 17. The van der Waals surface area contributed by atoms with E-state index in [-0.39, 0.29) is 25.9 Å². The maximum absolute atomic E-state index is 12.6. The first-order valence-corrected chi connectivity index (χ1v) is 13.1. The number of rotatable bonds is 10. The number of aliphatic hydroxyl groups is 8. The molecule has 18 heteroatoms. The first-order valence-electron chi connectivity index (χ1n) is 13.1. The molecule has 3 fully saturated rings. The molecule has 17 N–H and O–H groups in total. The molecule has 3 rings (SSSR count). The minimum absolute atomic E-state index is 0.0101. The van der Waals surface area contributed by atoms with E-state index in [0.717, 1.165) is 0 Å². The van der Waals surface area contributed by atoms with Crippen LogP contribution in [-0.2, 0) is 23.7 Å². The van der Waals surface area contributed by atoms with Gasteiger partial charge in [-0.15, -0.1) is 0 Å². The predicted octanol–water partition coefficient (Wildman–Crippen LogP) is -8.42. The Hall–Kier alpha value is -1.17. The molecule has 2 aliphatic heterocycles. The molecule has 234 valence electrons. The lowest BCUT2D eigenvalue weighted by Crippen LogP contribution is -2.69. The fourth-order valence-corrected chi connectivity index (χ4v) is 5.07. The highest BCUT2D eigenvalue weighted by atomic mass is 16.7. The molecular weight excluding hydrogens is 542 g/mol. The van der Waals surface area contributed by atoms with Gasteiger partial charge in [-0.05, 0) is 19.4 Å². The molecule has 3 aliphatic rings. The Morgan fingerprint density at radius 3 is 2.05 bits per heavy atom. The number of nitrogens with one attached hydrogen (secondary N) is 1. The maximum atomic E-state index is 12.6. The summed E-state index contributed by atoms with van der Waals surface area (Å²) in [5.41, 5.74) is 23.1. The van der Waals surface area contributed by atoms with Crippen LogP contribution in [0, 0.1) is 0 Å². The predicted molar refractivity (Wildman–Crippen MR) is 131 cm³/mol. The fraction of sp³-hybridized carbons (Fsp3) is 0.955. The van der Waals surface area contributed by atoms with Gasteiger partial charge in [-0.25, -0.2) is 0 Å². The molecule has 16 atom stereocenters. The third kappa shape index (κ3) is 7.06. The molecule has 0 aromatic rings. The maximum Gasteiger partial charge on any atom is 0.249 e. The van der Waals surface area contributed by atoms with Crippen molar-refractivity contribution in [2.45, 2.75) is 111 Å². The highest BCUT2D eigenvalue weighted by molar-refractivity contribution is 5.80. The molecule has 0 spiro atoms. The number of aliphatic hydroxyl groups excluding tert-OH is 8. The minimum atomic E-state index is -1.76. The number of hydrogen-bond donors (Lipinski definition) is 13. The van der Waals surface area contributed by atoms with E-state index >= 15 is 0 Å². The van der Waals surface area contributed by atoms with Crippen molar-refractivity contribution >= 4 is 5.91 Å². The van der Waals surface area contributed by atoms with Crippen molar-refractivity contribution in [2.24, 2.45) is 22.9 Å². The zero-order chi connectivity index (χ0) is 29.9. The Bertz CT molecular complexity index is 815. The van der Waals surface area contributed by atoms with Gasteiger partial charge in [0.05, 0.1) is 18.7 Å². The lowest BCUT2D eigenvalue weighted by Gasteiger charge is -2.49. The third-order valence-corrected chi connectivity index (χ3v) is 7.51. The van der Waals surface area contributed by atoms with Gasteiger partial charge in [-0.2, -0.15) is 0 Å². The monoisotopic (exact) mass is 585 g/mol. The molecule has 0 radical (unpaired) electrons. The summed E-state index contributed by atoms with van der Waals surface area (Å²) in [7, 11) is 0. The summed E-state index contributed by atoms with van der Waals surface area (Å²) in [5.74, 6) is -0.845. The van der Waals surface area contributed by atoms with Crippen molar-refractivity contribution in [2.75, 3.05) is 19.7 Å². The van der Waals surface area contributed by atoms with E-state index in [9.17, 15) is 45.6 Å². The summed E-state index contributed by atoms with van der Waals surface area (Å²) < 4.78 is 22.5. The van der Waals surface area contributed by atoms with Crippen LogP contribution in [0.5, 0.6) is 0 Å². The topological polar surface area (TPSA) is 332 Å². The van der Waals surface area contributed by atoms with Gasteiger partial charge in [0, 0.05) is 12.6 Å². The molecule has 1 amide bonds. The molecule has 0 aromatic heterocycles. The van der Waals surface area contributed by atoms with Crippen LogP contribution in [0.4, 0.5) is 0 Å². The van der Waals surface area contributed by atoms with Crippen molar-refractivity contribution in [3.05, 3.63) is 0 Å². The van der Waals surface area contributed by atoms with Crippen LogP contribution in [0.1, 0.15) is 12.8 Å². The van der Waals surface area contributed by atoms with Crippen LogP contribution >= 0.6 is 0 Å². The van der Waals surface area contributed by atoms with Crippen LogP contribution in [0.3, 0.4) is 0 Å². The quantitative estimate of drug-likeness (QED) is 0.113. The molecule has 40 heavy (non-hydrogen) atoms. The first-order chi connectivity index (χ1) is 18.9. The van der Waals surface area contributed by atoms with Gasteiger partial charge in [-0.3, -0.25) is 4.79 Å². The lowest BCUT2D eigenvalue weighted by molar-refractivity contribution is -0.332. The van der Waals surface area contributed by atoms with E-state index < -0.39 is 110 Å². The highest BCUT2D eigenvalue weighted by Gasteiger charge is 2.52. The summed E-state index contributed by atoms with van der Waals surface area (Å²) in [6.07, 6.45) is -19.8. The van der Waals surface area contributed by atoms with Gasteiger partial charge in [0.1, 0.15) is 67.1 Å². The number of ether oxygens (including phenoxy) is 4. The smallest absolute Gasteiger partial charge is 0.249 e. The first kappa shape index (κ1) is 33.3. The molecule has 1 saturated carbocycles. The third-order valence-electron chi connectivity index (χ3n) is 7.51. The SMILES string of the molecule is NCC[C@H](O)C(=O)N[C@@H]1C[C@H](N)[C@H](O[C@H]2O[C@@H](CN)[C@@H](O)[C@@H](O)[C@H]2O)[C@H](O)[C@@H]1O[C@H]1O[C@@H](CO)[C@@H](O)[C@@H](N)[C@H]1O. The standard InChI is InChI=1S/C22H43N5O13/c23-2-1-8(29)20(36)27-7-3-6(25)18(39-22-16(34)15(33)13(31)9(4-24)37-22)17(35)19(7)40-21-14(32)11(26)12(30)10(5-28)38-21/h6-19,21-22,28-35H,1-5,23-26H2,(H,27,36)/t6-,7+,8-,9-,10-,11+,12+,13+,14+,15+,16+,17-,18-,19+,21+,22+/m0/s1. The molecule has 0 aromatic carbocycles. The van der Waals surface area contributed by atoms with Crippen molar-refractivity contribution in [3.63, 3.8) is 0 Å². The second-order valence-electron chi connectivity index (χ2n) is 10.3. The second-order valence-corrected chi connectivity index (χ2v) is 10.3. The van der Waals surface area contributed by atoms with Crippen molar-refractivity contribution < 1.29 is 64.6 Å². The van der Waals surface area contributed by atoms with Gasteiger partial charge in [0.15, 0.2) is 12.6 Å². The molecule has 2 heterocycles. The normalized spacial score (nSPS) is 47.0. The highest BCUT2D eigenvalue weighted by Crippen LogP contribution is 2.32. The Labute approximate surface area is 229 Å². The van der Waals surface area contributed by atoms with Gasteiger partial charge >= 0.3 is 0 Å². The Kier molecular flexibility index (Phi) is 11.9. The van der Waals surface area contributed by atoms with Gasteiger partial charge in [0.2, 0.25) is 5.91 Å². The van der Waals surface area contributed by atoms with E-state index in [1.54, 1.807) is 0 Å². The minimum Gasteiger partial charge on any atom is -0.394 e. The summed E-state index contributed by atoms with van der Waals surface area (Å²) >= 11 is 0.